The number of carbonyl (C=O) groups excluding carboxylic acids is 1. The number of phenols is 1. The van der Waals surface area contributed by atoms with E-state index in [4.69, 9.17) is 11.6 Å². The number of phenolic OH excluding ortho intramolecular Hbond substituents is 1. The van der Waals surface area contributed by atoms with Gasteiger partial charge in [-0.25, -0.2) is 0 Å². The molecule has 1 aromatic carbocycles. The fourth-order valence-corrected chi connectivity index (χ4v) is 1.39. The molecule has 1 amide bonds. The molecule has 88 valence electrons. The van der Waals surface area contributed by atoms with E-state index in [1.807, 2.05) is 6.92 Å². The van der Waals surface area contributed by atoms with Crippen LogP contribution in [0.4, 0.5) is 0 Å². The Labute approximate surface area is 100 Å². The molecule has 0 aliphatic heterocycles. The number of amides is 1. The van der Waals surface area contributed by atoms with Gasteiger partial charge in [-0.05, 0) is 44.0 Å². The number of aromatic hydroxyl groups is 1. The summed E-state index contributed by atoms with van der Waals surface area (Å²) >= 11 is 5.77. The van der Waals surface area contributed by atoms with Gasteiger partial charge in [0.2, 0.25) is 0 Å². The molecular weight excluding hydrogens is 226 g/mol. The van der Waals surface area contributed by atoms with E-state index in [1.165, 1.54) is 6.07 Å². The van der Waals surface area contributed by atoms with Crippen LogP contribution in [0.5, 0.6) is 5.75 Å². The highest BCUT2D eigenvalue weighted by molar-refractivity contribution is 6.20. The van der Waals surface area contributed by atoms with Crippen LogP contribution in [0.1, 0.15) is 29.3 Å². The van der Waals surface area contributed by atoms with E-state index in [9.17, 15) is 9.90 Å². The molecule has 0 bridgehead atoms. The van der Waals surface area contributed by atoms with Gasteiger partial charge < -0.3 is 10.4 Å². The van der Waals surface area contributed by atoms with Gasteiger partial charge >= 0.3 is 0 Å². The number of aryl methyl sites for hydroxylation is 1. The van der Waals surface area contributed by atoms with Crippen molar-refractivity contribution >= 4 is 17.5 Å². The number of carbonyl (C=O) groups is 1. The smallest absolute Gasteiger partial charge is 0.251 e. The Kier molecular flexibility index (Phi) is 4.62. The van der Waals surface area contributed by atoms with Crippen molar-refractivity contribution in [1.29, 1.82) is 0 Å². The van der Waals surface area contributed by atoms with E-state index in [2.05, 4.69) is 5.32 Å². The predicted molar refractivity (Wildman–Crippen MR) is 65.1 cm³/mol. The van der Waals surface area contributed by atoms with E-state index in [-0.39, 0.29) is 17.0 Å². The molecule has 4 heteroatoms. The van der Waals surface area contributed by atoms with Crippen LogP contribution in [0, 0.1) is 6.92 Å². The minimum absolute atomic E-state index is 0.0573. The molecule has 0 saturated carbocycles. The van der Waals surface area contributed by atoms with Crippen LogP contribution in [-0.2, 0) is 0 Å². The molecule has 0 aromatic heterocycles. The summed E-state index contributed by atoms with van der Waals surface area (Å²) in [6, 6.07) is 4.78. The molecule has 1 atom stereocenters. The Morgan fingerprint density at radius 2 is 2.25 bits per heavy atom. The SMILES string of the molecule is Cc1cc(C(=O)NCCC(C)Cl)ccc1O. The highest BCUT2D eigenvalue weighted by atomic mass is 35.5. The van der Waals surface area contributed by atoms with Gasteiger partial charge in [0.25, 0.3) is 5.91 Å². The fourth-order valence-electron chi connectivity index (χ4n) is 1.28. The summed E-state index contributed by atoms with van der Waals surface area (Å²) in [4.78, 5) is 11.7. The van der Waals surface area contributed by atoms with Crippen LogP contribution in [0.3, 0.4) is 0 Å². The number of hydrogen-bond acceptors (Lipinski definition) is 2. The second-order valence-electron chi connectivity index (χ2n) is 3.83. The Morgan fingerprint density at radius 1 is 1.56 bits per heavy atom. The van der Waals surface area contributed by atoms with Gasteiger partial charge in [0, 0.05) is 17.5 Å². The van der Waals surface area contributed by atoms with E-state index in [0.29, 0.717) is 17.7 Å². The monoisotopic (exact) mass is 241 g/mol. The Balaban J connectivity index is 2.56. The van der Waals surface area contributed by atoms with Crippen LogP contribution >= 0.6 is 11.6 Å². The lowest BCUT2D eigenvalue weighted by atomic mass is 10.1. The summed E-state index contributed by atoms with van der Waals surface area (Å²) in [5.74, 6) is 0.0614. The first kappa shape index (κ1) is 12.8. The zero-order valence-electron chi connectivity index (χ0n) is 9.46. The third kappa shape index (κ3) is 3.74. The Bertz CT molecular complexity index is 377. The molecule has 16 heavy (non-hydrogen) atoms. The second kappa shape index (κ2) is 5.75. The van der Waals surface area contributed by atoms with Crippen LogP contribution in [0.25, 0.3) is 0 Å². The molecule has 0 aliphatic carbocycles. The first-order valence-corrected chi connectivity index (χ1v) is 5.66. The number of alkyl halides is 1. The van der Waals surface area contributed by atoms with Crippen molar-refractivity contribution in [2.75, 3.05) is 6.54 Å². The molecule has 2 N–H and O–H groups in total. The molecule has 0 saturated heterocycles. The van der Waals surface area contributed by atoms with E-state index in [1.54, 1.807) is 19.1 Å². The van der Waals surface area contributed by atoms with Gasteiger partial charge in [-0.3, -0.25) is 4.79 Å². The number of hydrogen-bond donors (Lipinski definition) is 2. The largest absolute Gasteiger partial charge is 0.508 e. The van der Waals surface area contributed by atoms with Crippen LogP contribution in [0.2, 0.25) is 0 Å². The third-order valence-corrected chi connectivity index (χ3v) is 2.50. The normalized spacial score (nSPS) is 12.2. The molecule has 0 heterocycles. The summed E-state index contributed by atoms with van der Waals surface area (Å²) in [5.41, 5.74) is 1.25. The molecule has 1 unspecified atom stereocenters. The van der Waals surface area contributed by atoms with Gasteiger partial charge in [0.1, 0.15) is 5.75 Å². The van der Waals surface area contributed by atoms with Gasteiger partial charge in [-0.2, -0.15) is 0 Å². The quantitative estimate of drug-likeness (QED) is 0.796. The maximum absolute atomic E-state index is 11.7. The summed E-state index contributed by atoms with van der Waals surface area (Å²) in [5, 5.41) is 12.2. The number of rotatable bonds is 4. The summed E-state index contributed by atoms with van der Waals surface area (Å²) in [6.45, 7) is 4.20. The predicted octanol–water partition coefficient (Wildman–Crippen LogP) is 2.45. The average Bonchev–Trinajstić information content (AvgIpc) is 2.21. The standard InChI is InChI=1S/C12H16ClNO2/c1-8-7-10(3-4-11(8)15)12(16)14-6-5-9(2)13/h3-4,7,9,15H,5-6H2,1-2H3,(H,14,16). The summed E-state index contributed by atoms with van der Waals surface area (Å²) in [6.07, 6.45) is 0.740. The second-order valence-corrected chi connectivity index (χ2v) is 4.57. The molecule has 1 rings (SSSR count). The van der Waals surface area contributed by atoms with Crippen molar-refractivity contribution in [3.05, 3.63) is 29.3 Å². The van der Waals surface area contributed by atoms with E-state index < -0.39 is 0 Å². The number of benzene rings is 1. The van der Waals surface area contributed by atoms with Crippen LogP contribution < -0.4 is 5.32 Å². The summed E-state index contributed by atoms with van der Waals surface area (Å²) in [7, 11) is 0. The van der Waals surface area contributed by atoms with E-state index >= 15 is 0 Å². The molecule has 3 nitrogen and oxygen atoms in total. The Hall–Kier alpha value is -1.22. The molecule has 0 spiro atoms. The highest BCUT2D eigenvalue weighted by Gasteiger charge is 2.07. The first-order valence-electron chi connectivity index (χ1n) is 5.22. The zero-order valence-corrected chi connectivity index (χ0v) is 10.2. The lowest BCUT2D eigenvalue weighted by molar-refractivity contribution is 0.0953. The van der Waals surface area contributed by atoms with E-state index in [0.717, 1.165) is 6.42 Å². The molecular formula is C12H16ClNO2. The van der Waals surface area contributed by atoms with Crippen LogP contribution in [0.15, 0.2) is 18.2 Å². The maximum Gasteiger partial charge on any atom is 0.251 e. The summed E-state index contributed by atoms with van der Waals surface area (Å²) < 4.78 is 0. The lowest BCUT2D eigenvalue weighted by Gasteiger charge is -2.07. The third-order valence-electron chi connectivity index (χ3n) is 2.29. The lowest BCUT2D eigenvalue weighted by Crippen LogP contribution is -2.25. The molecule has 1 aromatic rings. The molecule has 0 aliphatic rings. The molecule has 0 fully saturated rings. The van der Waals surface area contributed by atoms with Gasteiger partial charge in [-0.15, -0.1) is 11.6 Å². The van der Waals surface area contributed by atoms with Crippen molar-refractivity contribution in [3.63, 3.8) is 0 Å². The number of halogens is 1. The molecule has 0 radical (unpaired) electrons. The van der Waals surface area contributed by atoms with Gasteiger partial charge in [-0.1, -0.05) is 0 Å². The van der Waals surface area contributed by atoms with Crippen molar-refractivity contribution in [2.24, 2.45) is 0 Å². The fraction of sp³-hybridized carbons (Fsp3) is 0.417. The minimum Gasteiger partial charge on any atom is -0.508 e. The van der Waals surface area contributed by atoms with Crippen molar-refractivity contribution in [3.8, 4) is 5.75 Å². The topological polar surface area (TPSA) is 49.3 Å². The maximum atomic E-state index is 11.7. The first-order chi connectivity index (χ1) is 7.50. The minimum atomic E-state index is -0.139. The Morgan fingerprint density at radius 3 is 2.81 bits per heavy atom. The van der Waals surface area contributed by atoms with Crippen LogP contribution in [-0.4, -0.2) is 22.9 Å². The highest BCUT2D eigenvalue weighted by Crippen LogP contribution is 2.16. The average molecular weight is 242 g/mol. The zero-order chi connectivity index (χ0) is 12.1. The van der Waals surface area contributed by atoms with Crippen molar-refractivity contribution < 1.29 is 9.90 Å². The number of nitrogens with one attached hydrogen (secondary N) is 1. The van der Waals surface area contributed by atoms with Crippen molar-refractivity contribution in [1.82, 2.24) is 5.32 Å². The van der Waals surface area contributed by atoms with Gasteiger partial charge in [0.05, 0.1) is 0 Å². The van der Waals surface area contributed by atoms with Crippen molar-refractivity contribution in [2.45, 2.75) is 25.6 Å². The van der Waals surface area contributed by atoms with Gasteiger partial charge in [0.15, 0.2) is 0 Å².